The van der Waals surface area contributed by atoms with E-state index < -0.39 is 0 Å². The number of carbonyl (C=O) groups excluding carboxylic acids is 1. The second-order valence-corrected chi connectivity index (χ2v) is 9.79. The lowest BCUT2D eigenvalue weighted by Crippen LogP contribution is -2.38. The molecule has 5 heterocycles. The van der Waals surface area contributed by atoms with Crippen LogP contribution in [0.4, 0.5) is 0 Å². The highest BCUT2D eigenvalue weighted by Gasteiger charge is 2.30. The first-order chi connectivity index (χ1) is 16.1. The smallest absolute Gasteiger partial charge is 0.259 e. The van der Waals surface area contributed by atoms with Gasteiger partial charge in [0, 0.05) is 23.9 Å². The molecule has 0 radical (unpaired) electrons. The number of aryl methyl sites for hydroxylation is 2. The van der Waals surface area contributed by atoms with Gasteiger partial charge >= 0.3 is 0 Å². The molecule has 1 aliphatic heterocycles. The predicted octanol–water partition coefficient (Wildman–Crippen LogP) is 5.73. The van der Waals surface area contributed by atoms with E-state index in [1.807, 2.05) is 48.2 Å². The third-order valence-corrected chi connectivity index (χ3v) is 7.31. The van der Waals surface area contributed by atoms with Gasteiger partial charge in [-0.3, -0.25) is 4.79 Å². The molecule has 8 heteroatoms. The van der Waals surface area contributed by atoms with Gasteiger partial charge in [-0.15, -0.1) is 11.3 Å². The zero-order valence-corrected chi connectivity index (χ0v) is 19.2. The van der Waals surface area contributed by atoms with Crippen molar-refractivity contribution in [3.8, 4) is 10.6 Å². The van der Waals surface area contributed by atoms with Gasteiger partial charge in [-0.1, -0.05) is 17.3 Å². The summed E-state index contributed by atoms with van der Waals surface area (Å²) >= 11 is 1.64. The van der Waals surface area contributed by atoms with E-state index in [-0.39, 0.29) is 11.8 Å². The van der Waals surface area contributed by atoms with Crippen LogP contribution in [0.15, 0.2) is 51.4 Å². The first kappa shape index (κ1) is 20.1. The summed E-state index contributed by atoms with van der Waals surface area (Å²) in [4.78, 5) is 27.0. The average molecular weight is 459 g/mol. The summed E-state index contributed by atoms with van der Waals surface area (Å²) in [5.74, 6) is 0.958. The van der Waals surface area contributed by atoms with Gasteiger partial charge in [0.1, 0.15) is 5.52 Å². The number of hydrogen-bond donors (Lipinski definition) is 0. The normalized spacial score (nSPS) is 15.0. The minimum Gasteiger partial charge on any atom is -0.440 e. The second-order valence-electron chi connectivity index (χ2n) is 8.50. The van der Waals surface area contributed by atoms with Crippen molar-refractivity contribution < 1.29 is 13.7 Å². The number of thiophene rings is 1. The molecule has 4 aromatic heterocycles. The van der Waals surface area contributed by atoms with Crippen LogP contribution in [0, 0.1) is 13.8 Å². The number of fused-ring (bicyclic) bond motifs is 2. The standard InChI is InChI=1S/C25H22N4O3S/c1-14-7-8-21(33-14)19-13-17(22-15(2)28-32-24(22)27-19)25(30)29-11-9-16(10-12-29)23-26-18-5-3-4-6-20(18)31-23/h3-8,13,16H,9-12H2,1-2H3. The molecule has 0 atom stereocenters. The fourth-order valence-corrected chi connectivity index (χ4v) is 5.35. The van der Waals surface area contributed by atoms with Crippen molar-refractivity contribution in [1.82, 2.24) is 20.0 Å². The molecule has 5 aromatic rings. The van der Waals surface area contributed by atoms with Crippen molar-refractivity contribution in [1.29, 1.82) is 0 Å². The molecule has 0 aliphatic carbocycles. The van der Waals surface area contributed by atoms with Crippen LogP contribution in [-0.4, -0.2) is 39.0 Å². The third-order valence-electron chi connectivity index (χ3n) is 6.28. The van der Waals surface area contributed by atoms with Gasteiger partial charge in [0.05, 0.1) is 27.2 Å². The summed E-state index contributed by atoms with van der Waals surface area (Å²) < 4.78 is 11.4. The monoisotopic (exact) mass is 458 g/mol. The number of nitrogens with zero attached hydrogens (tertiary/aromatic N) is 4. The van der Waals surface area contributed by atoms with E-state index in [4.69, 9.17) is 8.94 Å². The zero-order chi connectivity index (χ0) is 22.5. The third kappa shape index (κ3) is 3.51. The minimum absolute atomic E-state index is 0.0146. The van der Waals surface area contributed by atoms with Crippen LogP contribution < -0.4 is 0 Å². The number of hydrogen-bond acceptors (Lipinski definition) is 7. The second kappa shape index (κ2) is 7.81. The number of carbonyl (C=O) groups is 1. The Morgan fingerprint density at radius 1 is 1.09 bits per heavy atom. The molecular formula is C25H22N4O3S. The Kier molecular flexibility index (Phi) is 4.76. The van der Waals surface area contributed by atoms with Crippen LogP contribution in [0.3, 0.4) is 0 Å². The van der Waals surface area contributed by atoms with Gasteiger partial charge in [0.15, 0.2) is 11.5 Å². The Morgan fingerprint density at radius 2 is 1.91 bits per heavy atom. The highest BCUT2D eigenvalue weighted by Crippen LogP contribution is 2.34. The molecule has 0 saturated carbocycles. The Balaban J connectivity index is 1.28. The number of piperidine rings is 1. The number of likely N-dealkylation sites (tertiary alicyclic amines) is 1. The van der Waals surface area contributed by atoms with Crippen LogP contribution in [0.2, 0.25) is 0 Å². The number of pyridine rings is 1. The van der Waals surface area contributed by atoms with Crippen molar-refractivity contribution in [3.05, 3.63) is 64.5 Å². The number of oxazole rings is 1. The quantitative estimate of drug-likeness (QED) is 0.343. The highest BCUT2D eigenvalue weighted by atomic mass is 32.1. The first-order valence-electron chi connectivity index (χ1n) is 11.1. The molecule has 0 bridgehead atoms. The summed E-state index contributed by atoms with van der Waals surface area (Å²) in [5, 5.41) is 4.76. The van der Waals surface area contributed by atoms with Gasteiger partial charge in [-0.2, -0.15) is 0 Å². The molecule has 1 amide bonds. The molecule has 1 aromatic carbocycles. The summed E-state index contributed by atoms with van der Waals surface area (Å²) in [7, 11) is 0. The molecule has 7 nitrogen and oxygen atoms in total. The van der Waals surface area contributed by atoms with Gasteiger partial charge < -0.3 is 13.8 Å². The number of benzene rings is 1. The van der Waals surface area contributed by atoms with Gasteiger partial charge in [0.2, 0.25) is 0 Å². The summed E-state index contributed by atoms with van der Waals surface area (Å²) in [6, 6.07) is 13.8. The van der Waals surface area contributed by atoms with Crippen LogP contribution in [0.25, 0.3) is 32.8 Å². The fourth-order valence-electron chi connectivity index (χ4n) is 4.53. The van der Waals surface area contributed by atoms with E-state index >= 15 is 0 Å². The lowest BCUT2D eigenvalue weighted by molar-refractivity contribution is 0.0708. The topological polar surface area (TPSA) is 85.3 Å². The molecule has 6 rings (SSSR count). The largest absolute Gasteiger partial charge is 0.440 e. The van der Waals surface area contributed by atoms with E-state index in [2.05, 4.69) is 28.1 Å². The molecule has 33 heavy (non-hydrogen) atoms. The van der Waals surface area contributed by atoms with Crippen LogP contribution in [0.5, 0.6) is 0 Å². The minimum atomic E-state index is -0.0146. The molecule has 1 saturated heterocycles. The lowest BCUT2D eigenvalue weighted by Gasteiger charge is -2.30. The maximum absolute atomic E-state index is 13.6. The molecule has 0 spiro atoms. The van der Waals surface area contributed by atoms with E-state index in [1.165, 1.54) is 4.88 Å². The van der Waals surface area contributed by atoms with Gasteiger partial charge in [0.25, 0.3) is 11.6 Å². The van der Waals surface area contributed by atoms with Crippen molar-refractivity contribution in [2.45, 2.75) is 32.6 Å². The molecule has 1 aliphatic rings. The number of para-hydroxylation sites is 2. The van der Waals surface area contributed by atoms with Crippen molar-refractivity contribution >= 4 is 39.4 Å². The highest BCUT2D eigenvalue weighted by molar-refractivity contribution is 7.15. The summed E-state index contributed by atoms with van der Waals surface area (Å²) in [6.07, 6.45) is 1.62. The Bertz CT molecular complexity index is 1460. The van der Waals surface area contributed by atoms with Gasteiger partial charge in [-0.05, 0) is 57.0 Å². The van der Waals surface area contributed by atoms with Crippen LogP contribution >= 0.6 is 11.3 Å². The van der Waals surface area contributed by atoms with E-state index in [0.717, 1.165) is 40.4 Å². The summed E-state index contributed by atoms with van der Waals surface area (Å²) in [6.45, 7) is 5.19. The van der Waals surface area contributed by atoms with E-state index in [9.17, 15) is 4.79 Å². The average Bonchev–Trinajstić information content (AvgIpc) is 3.56. The van der Waals surface area contributed by atoms with Crippen LogP contribution in [0.1, 0.15) is 45.6 Å². The molecule has 166 valence electrons. The number of rotatable bonds is 3. The van der Waals surface area contributed by atoms with Crippen molar-refractivity contribution in [2.24, 2.45) is 0 Å². The van der Waals surface area contributed by atoms with Crippen molar-refractivity contribution in [3.63, 3.8) is 0 Å². The molecule has 0 N–H and O–H groups in total. The maximum atomic E-state index is 13.6. The fraction of sp³-hybridized carbons (Fsp3) is 0.280. The predicted molar refractivity (Wildman–Crippen MR) is 126 cm³/mol. The number of amides is 1. The van der Waals surface area contributed by atoms with Crippen molar-refractivity contribution in [2.75, 3.05) is 13.1 Å². The molecular weight excluding hydrogens is 436 g/mol. The summed E-state index contributed by atoms with van der Waals surface area (Å²) in [5.41, 5.74) is 4.10. The zero-order valence-electron chi connectivity index (χ0n) is 18.4. The van der Waals surface area contributed by atoms with Gasteiger partial charge in [-0.25, -0.2) is 9.97 Å². The Labute approximate surface area is 194 Å². The SMILES string of the molecule is Cc1ccc(-c2cc(C(=O)N3CCC(c4nc5ccccc5o4)CC3)c3c(C)noc3n2)s1. The number of aromatic nitrogens is 3. The lowest BCUT2D eigenvalue weighted by atomic mass is 9.96. The first-order valence-corrected chi connectivity index (χ1v) is 11.9. The van der Waals surface area contributed by atoms with Crippen LogP contribution in [-0.2, 0) is 0 Å². The Morgan fingerprint density at radius 3 is 2.67 bits per heavy atom. The van der Waals surface area contributed by atoms with E-state index in [1.54, 1.807) is 11.3 Å². The molecule has 1 fully saturated rings. The van der Waals surface area contributed by atoms with E-state index in [0.29, 0.717) is 35.4 Å². The molecule has 0 unspecified atom stereocenters. The Hall–Kier alpha value is -3.52. The maximum Gasteiger partial charge on any atom is 0.259 e.